The number of fused-ring (bicyclic) bond motifs is 3. The third kappa shape index (κ3) is 2.06. The Balaban J connectivity index is 1.54. The van der Waals surface area contributed by atoms with Gasteiger partial charge in [0.25, 0.3) is 11.8 Å². The van der Waals surface area contributed by atoms with Gasteiger partial charge in [-0.2, -0.15) is 0 Å². The first-order valence-corrected chi connectivity index (χ1v) is 8.69. The van der Waals surface area contributed by atoms with E-state index >= 15 is 0 Å². The number of benzene rings is 1. The summed E-state index contributed by atoms with van der Waals surface area (Å²) in [6.07, 6.45) is 3.49. The molecule has 2 amide bonds. The van der Waals surface area contributed by atoms with Gasteiger partial charge in [-0.25, -0.2) is 0 Å². The van der Waals surface area contributed by atoms with Gasteiger partial charge in [0.2, 0.25) is 0 Å². The first-order valence-electron chi connectivity index (χ1n) is 8.69. The molecule has 1 aliphatic heterocycles. The predicted molar refractivity (Wildman–Crippen MR) is 91.0 cm³/mol. The summed E-state index contributed by atoms with van der Waals surface area (Å²) in [4.78, 5) is 24.2. The highest BCUT2D eigenvalue weighted by Gasteiger charge is 2.61. The average molecular weight is 328 g/mol. The van der Waals surface area contributed by atoms with Crippen LogP contribution in [0.4, 0.5) is 5.69 Å². The molecular weight excluding hydrogens is 304 g/mol. The summed E-state index contributed by atoms with van der Waals surface area (Å²) in [6.45, 7) is 7.01. The number of amides is 2. The van der Waals surface area contributed by atoms with Crippen LogP contribution >= 0.6 is 0 Å². The molecule has 2 saturated carbocycles. The van der Waals surface area contributed by atoms with E-state index in [-0.39, 0.29) is 35.3 Å². The quantitative estimate of drug-likeness (QED) is 0.877. The molecule has 128 valence electrons. The van der Waals surface area contributed by atoms with Crippen molar-refractivity contribution in [1.29, 1.82) is 0 Å². The average Bonchev–Trinajstić information content (AvgIpc) is 2.87. The highest BCUT2D eigenvalue weighted by Crippen LogP contribution is 2.65. The number of hydrogen-bond acceptors (Lipinski definition) is 3. The van der Waals surface area contributed by atoms with Crippen LogP contribution < -0.4 is 15.4 Å². The number of rotatable bonds is 2. The van der Waals surface area contributed by atoms with Crippen molar-refractivity contribution in [3.63, 3.8) is 0 Å². The van der Waals surface area contributed by atoms with Crippen molar-refractivity contribution >= 4 is 17.5 Å². The highest BCUT2D eigenvalue weighted by atomic mass is 16.5. The van der Waals surface area contributed by atoms with Gasteiger partial charge in [-0.05, 0) is 54.2 Å². The molecule has 2 bridgehead atoms. The Morgan fingerprint density at radius 2 is 2.12 bits per heavy atom. The lowest BCUT2D eigenvalue weighted by Gasteiger charge is -2.39. The van der Waals surface area contributed by atoms with Crippen LogP contribution in [0.2, 0.25) is 0 Å². The highest BCUT2D eigenvalue weighted by molar-refractivity contribution is 6.00. The maximum absolute atomic E-state index is 12.7. The maximum atomic E-state index is 12.7. The van der Waals surface area contributed by atoms with Gasteiger partial charge in [0.15, 0.2) is 6.61 Å². The van der Waals surface area contributed by atoms with Gasteiger partial charge in [-0.15, -0.1) is 0 Å². The van der Waals surface area contributed by atoms with Crippen molar-refractivity contribution in [2.24, 2.45) is 16.7 Å². The molecule has 24 heavy (non-hydrogen) atoms. The van der Waals surface area contributed by atoms with Gasteiger partial charge < -0.3 is 15.4 Å². The zero-order valence-electron chi connectivity index (χ0n) is 14.4. The van der Waals surface area contributed by atoms with Gasteiger partial charge in [0.05, 0.1) is 5.69 Å². The monoisotopic (exact) mass is 328 g/mol. The van der Waals surface area contributed by atoms with Crippen LogP contribution in [0.25, 0.3) is 0 Å². The number of carbonyl (C=O) groups is 2. The van der Waals surface area contributed by atoms with Crippen LogP contribution in [0.5, 0.6) is 5.75 Å². The minimum Gasteiger partial charge on any atom is -0.482 e. The van der Waals surface area contributed by atoms with Gasteiger partial charge in [-0.1, -0.05) is 20.8 Å². The van der Waals surface area contributed by atoms with Crippen LogP contribution in [-0.2, 0) is 4.79 Å². The summed E-state index contributed by atoms with van der Waals surface area (Å²) in [5.41, 5.74) is 1.55. The maximum Gasteiger partial charge on any atom is 0.262 e. The third-order valence-electron chi connectivity index (χ3n) is 6.97. The number of carbonyl (C=O) groups excluding carboxylic acids is 2. The number of hydrogen-bond donors (Lipinski definition) is 2. The molecule has 1 aromatic carbocycles. The molecule has 5 nitrogen and oxygen atoms in total. The molecule has 0 radical (unpaired) electrons. The lowest BCUT2D eigenvalue weighted by atomic mass is 9.69. The van der Waals surface area contributed by atoms with Crippen LogP contribution in [0.3, 0.4) is 0 Å². The Bertz CT molecular complexity index is 727. The van der Waals surface area contributed by atoms with Crippen molar-refractivity contribution < 1.29 is 14.3 Å². The smallest absolute Gasteiger partial charge is 0.262 e. The topological polar surface area (TPSA) is 67.4 Å². The molecule has 3 atom stereocenters. The fraction of sp³-hybridized carbons (Fsp3) is 0.579. The lowest BCUT2D eigenvalue weighted by molar-refractivity contribution is -0.118. The molecule has 4 rings (SSSR count). The summed E-state index contributed by atoms with van der Waals surface area (Å²) in [6, 6.07) is 5.41. The number of nitrogens with one attached hydrogen (secondary N) is 2. The first-order chi connectivity index (χ1) is 11.3. The molecule has 1 heterocycles. The van der Waals surface area contributed by atoms with E-state index in [1.807, 2.05) is 0 Å². The Hall–Kier alpha value is -2.04. The Morgan fingerprint density at radius 3 is 2.79 bits per heavy atom. The molecule has 5 heteroatoms. The van der Waals surface area contributed by atoms with Gasteiger partial charge in [-0.3, -0.25) is 9.59 Å². The van der Waals surface area contributed by atoms with E-state index in [1.54, 1.807) is 18.2 Å². The van der Waals surface area contributed by atoms with E-state index in [0.29, 0.717) is 22.9 Å². The molecule has 2 aliphatic carbocycles. The van der Waals surface area contributed by atoms with Gasteiger partial charge >= 0.3 is 0 Å². The molecule has 3 unspecified atom stereocenters. The molecule has 2 fully saturated rings. The zero-order chi connectivity index (χ0) is 17.1. The molecule has 0 saturated heterocycles. The fourth-order valence-electron chi connectivity index (χ4n) is 4.89. The second kappa shape index (κ2) is 4.98. The minimum absolute atomic E-state index is 0.0233. The Morgan fingerprint density at radius 1 is 1.33 bits per heavy atom. The SMILES string of the molecule is CC1(C)C2CCC1(C)C(NC(=O)c1ccc3c(c1)NC(=O)CO3)C2. The largest absolute Gasteiger partial charge is 0.482 e. The molecule has 0 spiro atoms. The molecular formula is C19H24N2O3. The molecule has 2 N–H and O–H groups in total. The van der Waals surface area contributed by atoms with Crippen molar-refractivity contribution in [2.45, 2.75) is 46.1 Å². The van der Waals surface area contributed by atoms with Crippen molar-refractivity contribution in [3.05, 3.63) is 23.8 Å². The van der Waals surface area contributed by atoms with Crippen molar-refractivity contribution in [1.82, 2.24) is 5.32 Å². The normalized spacial score (nSPS) is 32.7. The lowest BCUT2D eigenvalue weighted by Crippen LogP contribution is -2.46. The first kappa shape index (κ1) is 15.5. The Labute approximate surface area is 142 Å². The van der Waals surface area contributed by atoms with Crippen molar-refractivity contribution in [2.75, 3.05) is 11.9 Å². The second-order valence-electron chi connectivity index (χ2n) is 8.18. The van der Waals surface area contributed by atoms with E-state index < -0.39 is 0 Å². The standard InChI is InChI=1S/C19H24N2O3/c1-18(2)12-6-7-19(18,3)15(9-12)21-17(23)11-4-5-14-13(8-11)20-16(22)10-24-14/h4-5,8,12,15H,6-7,9-10H2,1-3H3,(H,20,22)(H,21,23). The minimum atomic E-state index is -0.192. The molecule has 3 aliphatic rings. The van der Waals surface area contributed by atoms with Crippen molar-refractivity contribution in [3.8, 4) is 5.75 Å². The summed E-state index contributed by atoms with van der Waals surface area (Å²) < 4.78 is 5.34. The van der Waals surface area contributed by atoms with Crippen LogP contribution in [-0.4, -0.2) is 24.5 Å². The predicted octanol–water partition coefficient (Wildman–Crippen LogP) is 2.96. The van der Waals surface area contributed by atoms with Crippen LogP contribution in [0.15, 0.2) is 18.2 Å². The second-order valence-corrected chi connectivity index (χ2v) is 8.18. The Kier molecular flexibility index (Phi) is 3.21. The molecule has 1 aromatic rings. The van der Waals surface area contributed by atoms with Crippen LogP contribution in [0.1, 0.15) is 50.4 Å². The van der Waals surface area contributed by atoms with E-state index in [2.05, 4.69) is 31.4 Å². The van der Waals surface area contributed by atoms with E-state index in [1.165, 1.54) is 12.8 Å². The van der Waals surface area contributed by atoms with Gasteiger partial charge in [0.1, 0.15) is 5.75 Å². The van der Waals surface area contributed by atoms with Crippen LogP contribution in [0, 0.1) is 16.7 Å². The fourth-order valence-corrected chi connectivity index (χ4v) is 4.89. The summed E-state index contributed by atoms with van der Waals surface area (Å²) in [7, 11) is 0. The molecule has 0 aromatic heterocycles. The summed E-state index contributed by atoms with van der Waals surface area (Å²) >= 11 is 0. The zero-order valence-corrected chi connectivity index (χ0v) is 14.4. The van der Waals surface area contributed by atoms with E-state index in [0.717, 1.165) is 6.42 Å². The van der Waals surface area contributed by atoms with E-state index in [9.17, 15) is 9.59 Å². The summed E-state index contributed by atoms with van der Waals surface area (Å²) in [5.74, 6) is 1.03. The summed E-state index contributed by atoms with van der Waals surface area (Å²) in [5, 5.41) is 6.00. The number of anilines is 1. The number of ether oxygens (including phenoxy) is 1. The van der Waals surface area contributed by atoms with E-state index in [4.69, 9.17) is 4.74 Å². The van der Waals surface area contributed by atoms with Gasteiger partial charge in [0, 0.05) is 11.6 Å². The third-order valence-corrected chi connectivity index (χ3v) is 6.97.